The number of rotatable bonds is 5. The first kappa shape index (κ1) is 36.5. The molecule has 272 valence electrons. The normalized spacial score (nSPS) is 54.9. The lowest BCUT2D eigenvalue weighted by Crippen LogP contribution is -2.68. The van der Waals surface area contributed by atoms with Gasteiger partial charge in [-0.2, -0.15) is 0 Å². The molecule has 4 aliphatic carbocycles. The van der Waals surface area contributed by atoms with Gasteiger partial charge in [0, 0.05) is 35.5 Å². The molecule has 0 unspecified atom stereocenters. The first-order valence-electron chi connectivity index (χ1n) is 17.4. The second kappa shape index (κ2) is 11.9. The Labute approximate surface area is 282 Å². The number of carbonyl (C=O) groups is 1. The number of hydrogen-bond acceptors (Lipinski definition) is 12. The Balaban J connectivity index is 1.37. The zero-order chi connectivity index (χ0) is 35.5. The van der Waals surface area contributed by atoms with Gasteiger partial charge in [-0.15, -0.1) is 0 Å². The van der Waals surface area contributed by atoms with Crippen molar-refractivity contribution in [3.8, 4) is 0 Å². The number of ether oxygens (including phenoxy) is 3. The number of carbonyl (C=O) groups excluding carboxylic acids is 1. The maximum atomic E-state index is 14.8. The number of aliphatic hydroxyl groups excluding tert-OH is 7. The summed E-state index contributed by atoms with van der Waals surface area (Å²) in [5.74, 6) is -1.47. The van der Waals surface area contributed by atoms with Crippen LogP contribution in [0.5, 0.6) is 0 Å². The summed E-state index contributed by atoms with van der Waals surface area (Å²) in [5.41, 5.74) is -3.13. The molecule has 12 nitrogen and oxygen atoms in total. The van der Waals surface area contributed by atoms with Crippen molar-refractivity contribution >= 4 is 5.78 Å². The highest BCUT2D eigenvalue weighted by atomic mass is 16.7. The summed E-state index contributed by atoms with van der Waals surface area (Å²) >= 11 is 0. The Kier molecular flexibility index (Phi) is 9.03. The first-order valence-corrected chi connectivity index (χ1v) is 17.4. The lowest BCUT2D eigenvalue weighted by atomic mass is 9.38. The molecule has 0 aromatic rings. The van der Waals surface area contributed by atoms with Gasteiger partial charge in [0.05, 0.1) is 49.3 Å². The van der Waals surface area contributed by atoms with Crippen molar-refractivity contribution in [2.45, 2.75) is 141 Å². The smallest absolute Gasteiger partial charge is 0.187 e. The summed E-state index contributed by atoms with van der Waals surface area (Å²) in [7, 11) is 0. The van der Waals surface area contributed by atoms with Gasteiger partial charge >= 0.3 is 0 Å². The zero-order valence-corrected chi connectivity index (χ0v) is 29.1. The fourth-order valence-corrected chi connectivity index (χ4v) is 11.6. The van der Waals surface area contributed by atoms with E-state index in [0.29, 0.717) is 12.8 Å². The highest BCUT2D eigenvalue weighted by Crippen LogP contribution is 2.75. The predicted octanol–water partition coefficient (Wildman–Crippen LogP) is 0.354. The maximum absolute atomic E-state index is 14.8. The van der Waals surface area contributed by atoms with Gasteiger partial charge in [-0.05, 0) is 49.0 Å². The first-order chi connectivity index (χ1) is 22.2. The van der Waals surface area contributed by atoms with Crippen LogP contribution in [0.15, 0.2) is 23.3 Å². The van der Waals surface area contributed by atoms with Crippen molar-refractivity contribution in [2.75, 3.05) is 13.2 Å². The fraction of sp³-hybridized carbons (Fsp3) is 0.861. The minimum Gasteiger partial charge on any atom is -0.394 e. The minimum atomic E-state index is -1.66. The van der Waals surface area contributed by atoms with E-state index in [9.17, 15) is 45.6 Å². The third-order valence-electron chi connectivity index (χ3n) is 14.1. The molecule has 2 saturated heterocycles. The average molecular weight is 681 g/mol. The largest absolute Gasteiger partial charge is 0.394 e. The topological polar surface area (TPSA) is 207 Å². The molecule has 48 heavy (non-hydrogen) atoms. The molecule has 0 amide bonds. The van der Waals surface area contributed by atoms with Gasteiger partial charge in [0.1, 0.15) is 30.2 Å². The summed E-state index contributed by atoms with van der Waals surface area (Å²) < 4.78 is 18.4. The number of ketones is 1. The zero-order valence-electron chi connectivity index (χ0n) is 29.1. The molecule has 8 N–H and O–H groups in total. The second-order valence-electron chi connectivity index (χ2n) is 17.3. The van der Waals surface area contributed by atoms with Crippen LogP contribution in [0.4, 0.5) is 0 Å². The fourth-order valence-electron chi connectivity index (χ4n) is 11.6. The van der Waals surface area contributed by atoms with Crippen LogP contribution in [-0.2, 0) is 19.0 Å². The summed E-state index contributed by atoms with van der Waals surface area (Å²) in [6.07, 6.45) is -6.69. The van der Waals surface area contributed by atoms with E-state index in [1.54, 1.807) is 13.0 Å². The van der Waals surface area contributed by atoms with E-state index in [0.717, 1.165) is 11.1 Å². The Morgan fingerprint density at radius 3 is 2.23 bits per heavy atom. The molecule has 2 aliphatic heterocycles. The Bertz CT molecular complexity index is 1340. The standard InChI is InChI=1S/C36H56O12/c1-16(14-37)8-17-11-35(6,45)29-22(46-17)12-33(4)28-20(39)9-18-19(36(28,7)24(40)13-34(29,33)5)10-21(30(44)32(18,2)3)47-31-27(43)26(42)25(41)23(15-38)48-31/h8-9,17,19-23,25-31,37-39,41-45H,10-15H2,1-7H3/b16-8+/t17-,19-,20+,21+,22-,23-,25-,26+,27-,28+,29+,30+,31-,33+,34-,35+,36-/m1/s1. The van der Waals surface area contributed by atoms with Crippen LogP contribution in [0.1, 0.15) is 74.1 Å². The summed E-state index contributed by atoms with van der Waals surface area (Å²) in [6, 6.07) is 0. The minimum absolute atomic E-state index is 0.0458. The second-order valence-corrected chi connectivity index (χ2v) is 17.3. The van der Waals surface area contributed by atoms with Gasteiger partial charge in [-0.1, -0.05) is 52.3 Å². The van der Waals surface area contributed by atoms with Crippen LogP contribution in [0, 0.1) is 39.4 Å². The van der Waals surface area contributed by atoms with Crippen LogP contribution < -0.4 is 0 Å². The quantitative estimate of drug-likeness (QED) is 0.185. The highest BCUT2D eigenvalue weighted by Gasteiger charge is 2.76. The van der Waals surface area contributed by atoms with E-state index in [2.05, 4.69) is 6.92 Å². The van der Waals surface area contributed by atoms with E-state index in [-0.39, 0.29) is 31.1 Å². The molecule has 6 aliphatic rings. The number of Topliss-reactive ketones (excluding diaryl/α,β-unsaturated/α-hetero) is 1. The van der Waals surface area contributed by atoms with Gasteiger partial charge in [0.15, 0.2) is 6.29 Å². The van der Waals surface area contributed by atoms with E-state index in [1.807, 2.05) is 40.7 Å². The molecule has 0 bridgehead atoms. The third kappa shape index (κ3) is 5.00. The number of fused-ring (bicyclic) bond motifs is 7. The monoisotopic (exact) mass is 680 g/mol. The van der Waals surface area contributed by atoms with Crippen LogP contribution in [0.3, 0.4) is 0 Å². The highest BCUT2D eigenvalue weighted by molar-refractivity contribution is 5.88. The average Bonchev–Trinajstić information content (AvgIpc) is 3.22. The molecule has 12 heteroatoms. The third-order valence-corrected chi connectivity index (χ3v) is 14.1. The summed E-state index contributed by atoms with van der Waals surface area (Å²) in [6.45, 7) is 12.6. The van der Waals surface area contributed by atoms with E-state index in [4.69, 9.17) is 14.2 Å². The Morgan fingerprint density at radius 2 is 1.60 bits per heavy atom. The molecule has 6 rings (SSSR count). The van der Waals surface area contributed by atoms with Gasteiger partial charge in [-0.3, -0.25) is 4.79 Å². The molecular weight excluding hydrogens is 624 g/mol. The van der Waals surface area contributed by atoms with Crippen molar-refractivity contribution in [3.05, 3.63) is 23.3 Å². The van der Waals surface area contributed by atoms with Crippen LogP contribution >= 0.6 is 0 Å². The van der Waals surface area contributed by atoms with Gasteiger partial charge in [-0.25, -0.2) is 0 Å². The summed E-state index contributed by atoms with van der Waals surface area (Å²) in [4.78, 5) is 14.8. The lowest BCUT2D eigenvalue weighted by molar-refractivity contribution is -0.323. The van der Waals surface area contributed by atoms with Crippen LogP contribution in [-0.4, -0.2) is 127 Å². The van der Waals surface area contributed by atoms with Crippen LogP contribution in [0.25, 0.3) is 0 Å². The van der Waals surface area contributed by atoms with Gasteiger partial charge in [0.2, 0.25) is 0 Å². The molecule has 0 aromatic carbocycles. The SMILES string of the molecule is C/C(=C\[C@@H]1C[C@](C)(O)[C@H]2[C@@H](C[C@@]3(C)[C@@H]4[C@@H](O)C=C5[C@@H](C[C@H](O[C@@H]6O[C@H](CO)[C@@H](O)[C@H](O)[C@H]6O)[C@H](O)C5(C)C)[C@]4(C)C(=O)C[C@]23C)O1)CO. The van der Waals surface area contributed by atoms with Crippen molar-refractivity contribution in [2.24, 2.45) is 39.4 Å². The van der Waals surface area contributed by atoms with Crippen LogP contribution in [0.2, 0.25) is 0 Å². The van der Waals surface area contributed by atoms with Crippen molar-refractivity contribution < 1.29 is 59.9 Å². The van der Waals surface area contributed by atoms with Crippen molar-refractivity contribution in [3.63, 3.8) is 0 Å². The molecule has 17 atom stereocenters. The number of aliphatic hydroxyl groups is 8. The molecule has 5 fully saturated rings. The Morgan fingerprint density at radius 1 is 0.938 bits per heavy atom. The van der Waals surface area contributed by atoms with E-state index >= 15 is 0 Å². The number of hydrogen-bond donors (Lipinski definition) is 8. The van der Waals surface area contributed by atoms with Crippen molar-refractivity contribution in [1.82, 2.24) is 0 Å². The molecule has 3 saturated carbocycles. The molecule has 2 heterocycles. The van der Waals surface area contributed by atoms with Gasteiger partial charge in [0.25, 0.3) is 0 Å². The molecule has 0 spiro atoms. The lowest BCUT2D eigenvalue weighted by Gasteiger charge is -2.66. The van der Waals surface area contributed by atoms with Gasteiger partial charge < -0.3 is 55.1 Å². The molecule has 0 radical (unpaired) electrons. The van der Waals surface area contributed by atoms with Crippen molar-refractivity contribution in [1.29, 1.82) is 0 Å². The molecular formula is C36H56O12. The molecule has 0 aromatic heterocycles. The maximum Gasteiger partial charge on any atom is 0.187 e. The van der Waals surface area contributed by atoms with E-state index in [1.165, 1.54) is 0 Å². The Hall–Kier alpha value is -1.29. The van der Waals surface area contributed by atoms with E-state index < -0.39 is 107 Å². The summed E-state index contributed by atoms with van der Waals surface area (Å²) in [5, 5.41) is 86.5. The predicted molar refractivity (Wildman–Crippen MR) is 171 cm³/mol.